The molecule has 0 bridgehead atoms. The number of hydrogen-bond donors (Lipinski definition) is 2. The molecule has 0 fully saturated rings. The van der Waals surface area contributed by atoms with Gasteiger partial charge in [-0.2, -0.15) is 0 Å². The summed E-state index contributed by atoms with van der Waals surface area (Å²) in [5.41, 5.74) is 5.87. The second-order valence-corrected chi connectivity index (χ2v) is 3.40. The van der Waals surface area contributed by atoms with E-state index < -0.39 is 16.8 Å². The number of carboxylic acids is 1. The number of nitrogens with zero attached hydrogens (tertiary/aromatic N) is 1. The molecule has 1 atom stereocenters. The van der Waals surface area contributed by atoms with E-state index in [0.29, 0.717) is 5.56 Å². The summed E-state index contributed by atoms with van der Waals surface area (Å²) >= 11 is 0. The van der Waals surface area contributed by atoms with Crippen LogP contribution in [0, 0.1) is 16.0 Å². The zero-order valence-corrected chi connectivity index (χ0v) is 9.72. The van der Waals surface area contributed by atoms with Crippen molar-refractivity contribution in [2.24, 2.45) is 11.7 Å². The molecule has 0 unspecified atom stereocenters. The fraction of sp³-hybridized carbons (Fsp3) is 0.300. The number of aliphatic carboxylic acids is 1. The Bertz CT molecular complexity index is 411. The van der Waals surface area contributed by atoms with Crippen molar-refractivity contribution in [3.05, 3.63) is 39.9 Å². The predicted octanol–water partition coefficient (Wildman–Crippen LogP) is 1.22. The molecule has 0 spiro atoms. The number of hydrogen-bond acceptors (Lipinski definition) is 4. The number of carbonyl (C=O) groups is 1. The van der Waals surface area contributed by atoms with Gasteiger partial charge in [-0.1, -0.05) is 12.1 Å². The minimum absolute atomic E-state index is 0. The highest BCUT2D eigenvalue weighted by atomic mass is 35.5. The van der Waals surface area contributed by atoms with E-state index >= 15 is 0 Å². The van der Waals surface area contributed by atoms with Crippen molar-refractivity contribution in [1.29, 1.82) is 0 Å². The number of nitro groups is 1. The van der Waals surface area contributed by atoms with Gasteiger partial charge in [-0.05, 0) is 12.0 Å². The number of carboxylic acid groups (broad SMARTS) is 1. The van der Waals surface area contributed by atoms with E-state index in [0.717, 1.165) is 0 Å². The summed E-state index contributed by atoms with van der Waals surface area (Å²) in [6.07, 6.45) is 0.202. The third-order valence-electron chi connectivity index (χ3n) is 2.24. The molecule has 0 saturated heterocycles. The van der Waals surface area contributed by atoms with Gasteiger partial charge in [0.05, 0.1) is 10.8 Å². The van der Waals surface area contributed by atoms with Crippen LogP contribution in [0.2, 0.25) is 0 Å². The van der Waals surface area contributed by atoms with Crippen LogP contribution in [0.5, 0.6) is 0 Å². The van der Waals surface area contributed by atoms with E-state index in [9.17, 15) is 14.9 Å². The van der Waals surface area contributed by atoms with Crippen LogP contribution >= 0.6 is 12.4 Å². The Balaban J connectivity index is 0.00000256. The summed E-state index contributed by atoms with van der Waals surface area (Å²) in [4.78, 5) is 20.7. The first-order chi connectivity index (χ1) is 7.54. The summed E-state index contributed by atoms with van der Waals surface area (Å²) in [6.45, 7) is 0.0119. The largest absolute Gasteiger partial charge is 0.481 e. The maximum Gasteiger partial charge on any atom is 0.308 e. The smallest absolute Gasteiger partial charge is 0.308 e. The van der Waals surface area contributed by atoms with Gasteiger partial charge in [0.1, 0.15) is 0 Å². The quantitative estimate of drug-likeness (QED) is 0.611. The van der Waals surface area contributed by atoms with Gasteiger partial charge >= 0.3 is 5.97 Å². The van der Waals surface area contributed by atoms with E-state index in [4.69, 9.17) is 10.8 Å². The fourth-order valence-electron chi connectivity index (χ4n) is 1.35. The van der Waals surface area contributed by atoms with Crippen LogP contribution in [-0.4, -0.2) is 22.5 Å². The van der Waals surface area contributed by atoms with Crippen molar-refractivity contribution in [3.8, 4) is 0 Å². The molecule has 1 aromatic rings. The standard InChI is InChI=1S/C10H12N2O4.ClH/c11-6-8(10(13)14)4-7-2-1-3-9(5-7)12(15)16;/h1-3,5,8H,4,6,11H2,(H,13,14);1H/t8-;/m1./s1. The molecule has 1 aromatic carbocycles. The Hall–Kier alpha value is -1.66. The molecule has 17 heavy (non-hydrogen) atoms. The molecular weight excluding hydrogens is 248 g/mol. The number of halogens is 1. The van der Waals surface area contributed by atoms with Crippen molar-refractivity contribution >= 4 is 24.1 Å². The Morgan fingerprint density at radius 3 is 2.65 bits per heavy atom. The van der Waals surface area contributed by atoms with E-state index in [1.807, 2.05) is 0 Å². The molecule has 0 radical (unpaired) electrons. The van der Waals surface area contributed by atoms with Crippen LogP contribution in [0.3, 0.4) is 0 Å². The van der Waals surface area contributed by atoms with E-state index in [2.05, 4.69) is 0 Å². The molecule has 0 aliphatic heterocycles. The summed E-state index contributed by atoms with van der Waals surface area (Å²) < 4.78 is 0. The Kier molecular flexibility index (Phi) is 6.16. The molecule has 94 valence electrons. The van der Waals surface area contributed by atoms with Crippen LogP contribution in [0.25, 0.3) is 0 Å². The third-order valence-corrected chi connectivity index (χ3v) is 2.24. The van der Waals surface area contributed by atoms with Gasteiger partial charge in [0.2, 0.25) is 0 Å². The minimum atomic E-state index is -0.992. The third kappa shape index (κ3) is 4.38. The monoisotopic (exact) mass is 260 g/mol. The molecule has 0 heterocycles. The van der Waals surface area contributed by atoms with Crippen LogP contribution in [0.1, 0.15) is 5.56 Å². The summed E-state index contributed by atoms with van der Waals surface area (Å²) in [7, 11) is 0. The molecule has 0 aliphatic carbocycles. The SMILES string of the molecule is Cl.NC[C@@H](Cc1cccc([N+](=O)[O-])c1)C(=O)O. The lowest BCUT2D eigenvalue weighted by Crippen LogP contribution is -2.25. The van der Waals surface area contributed by atoms with Crippen LogP contribution in [0.4, 0.5) is 5.69 Å². The zero-order chi connectivity index (χ0) is 12.1. The Morgan fingerprint density at radius 2 is 2.18 bits per heavy atom. The highest BCUT2D eigenvalue weighted by Crippen LogP contribution is 2.16. The van der Waals surface area contributed by atoms with Crippen LogP contribution in [-0.2, 0) is 11.2 Å². The minimum Gasteiger partial charge on any atom is -0.481 e. The van der Waals surface area contributed by atoms with Gasteiger partial charge < -0.3 is 10.8 Å². The number of benzene rings is 1. The van der Waals surface area contributed by atoms with Crippen molar-refractivity contribution < 1.29 is 14.8 Å². The molecule has 3 N–H and O–H groups in total. The van der Waals surface area contributed by atoms with Gasteiger partial charge in [-0.25, -0.2) is 0 Å². The normalized spacial score (nSPS) is 11.4. The molecule has 0 saturated carbocycles. The molecule has 0 aliphatic rings. The number of nitro benzene ring substituents is 1. The first kappa shape index (κ1) is 15.3. The number of non-ortho nitro benzene ring substituents is 1. The van der Waals surface area contributed by atoms with Crippen molar-refractivity contribution in [2.45, 2.75) is 6.42 Å². The predicted molar refractivity (Wildman–Crippen MR) is 64.2 cm³/mol. The first-order valence-electron chi connectivity index (χ1n) is 4.70. The van der Waals surface area contributed by atoms with Crippen LogP contribution < -0.4 is 5.73 Å². The highest BCUT2D eigenvalue weighted by molar-refractivity contribution is 5.85. The summed E-state index contributed by atoms with van der Waals surface area (Å²) in [6, 6.07) is 5.91. The molecule has 0 amide bonds. The van der Waals surface area contributed by atoms with Crippen LogP contribution in [0.15, 0.2) is 24.3 Å². The van der Waals surface area contributed by atoms with Crippen molar-refractivity contribution in [2.75, 3.05) is 6.54 Å². The van der Waals surface area contributed by atoms with Crippen molar-refractivity contribution in [3.63, 3.8) is 0 Å². The molecule has 0 aromatic heterocycles. The number of rotatable bonds is 5. The average molecular weight is 261 g/mol. The fourth-order valence-corrected chi connectivity index (χ4v) is 1.35. The van der Waals surface area contributed by atoms with Gasteiger partial charge in [-0.3, -0.25) is 14.9 Å². The lowest BCUT2D eigenvalue weighted by Gasteiger charge is -2.08. The van der Waals surface area contributed by atoms with Gasteiger partial charge in [0.25, 0.3) is 5.69 Å². The van der Waals surface area contributed by atoms with Crippen molar-refractivity contribution in [1.82, 2.24) is 0 Å². The topological polar surface area (TPSA) is 106 Å². The molecule has 6 nitrogen and oxygen atoms in total. The summed E-state index contributed by atoms with van der Waals surface area (Å²) in [5.74, 6) is -1.70. The lowest BCUT2D eigenvalue weighted by molar-refractivity contribution is -0.384. The van der Waals surface area contributed by atoms with Gasteiger partial charge in [0.15, 0.2) is 0 Å². The van der Waals surface area contributed by atoms with E-state index in [1.165, 1.54) is 18.2 Å². The zero-order valence-electron chi connectivity index (χ0n) is 8.91. The lowest BCUT2D eigenvalue weighted by atomic mass is 9.99. The maximum atomic E-state index is 10.7. The van der Waals surface area contributed by atoms with Gasteiger partial charge in [-0.15, -0.1) is 12.4 Å². The number of nitrogens with two attached hydrogens (primary N) is 1. The highest BCUT2D eigenvalue weighted by Gasteiger charge is 2.17. The molecule has 1 rings (SSSR count). The summed E-state index contributed by atoms with van der Waals surface area (Å²) in [5, 5.41) is 19.3. The molecular formula is C10H13ClN2O4. The second kappa shape index (κ2) is 6.82. The Morgan fingerprint density at radius 1 is 1.53 bits per heavy atom. The second-order valence-electron chi connectivity index (χ2n) is 3.40. The Labute approximate surface area is 104 Å². The molecule has 7 heteroatoms. The average Bonchev–Trinajstić information content (AvgIpc) is 2.25. The first-order valence-corrected chi connectivity index (χ1v) is 4.70. The van der Waals surface area contributed by atoms with Gasteiger partial charge in [0, 0.05) is 18.7 Å². The van der Waals surface area contributed by atoms with E-state index in [1.54, 1.807) is 6.07 Å². The maximum absolute atomic E-state index is 10.7. The van der Waals surface area contributed by atoms with E-state index in [-0.39, 0.29) is 31.1 Å².